The highest BCUT2D eigenvalue weighted by Gasteiger charge is 2.51. The maximum atomic E-state index is 12.2. The fourth-order valence-corrected chi connectivity index (χ4v) is 4.54. The van der Waals surface area contributed by atoms with Gasteiger partial charge < -0.3 is 15.2 Å². The van der Waals surface area contributed by atoms with Gasteiger partial charge in [0.1, 0.15) is 6.61 Å². The maximum absolute atomic E-state index is 12.2. The van der Waals surface area contributed by atoms with Gasteiger partial charge in [-0.15, -0.1) is 0 Å². The van der Waals surface area contributed by atoms with E-state index in [9.17, 15) is 14.7 Å². The van der Waals surface area contributed by atoms with Crippen molar-refractivity contribution in [1.82, 2.24) is 5.32 Å². The first-order valence-corrected chi connectivity index (χ1v) is 11.0. The van der Waals surface area contributed by atoms with Crippen LogP contribution >= 0.6 is 0 Å². The van der Waals surface area contributed by atoms with Crippen LogP contribution in [-0.2, 0) is 14.9 Å². The summed E-state index contributed by atoms with van der Waals surface area (Å²) in [6.07, 6.45) is 0.855. The van der Waals surface area contributed by atoms with Crippen LogP contribution in [0.3, 0.4) is 0 Å². The van der Waals surface area contributed by atoms with E-state index in [2.05, 4.69) is 41.4 Å². The number of nitrogens with one attached hydrogen (secondary N) is 1. The van der Waals surface area contributed by atoms with E-state index in [1.54, 1.807) is 0 Å². The van der Waals surface area contributed by atoms with Crippen molar-refractivity contribution >= 4 is 12.1 Å². The van der Waals surface area contributed by atoms with Crippen LogP contribution < -0.4 is 5.32 Å². The van der Waals surface area contributed by atoms with Crippen LogP contribution in [0, 0.1) is 11.8 Å². The van der Waals surface area contributed by atoms with Crippen molar-refractivity contribution in [3.63, 3.8) is 0 Å². The second-order valence-corrected chi connectivity index (χ2v) is 8.45. The quantitative estimate of drug-likeness (QED) is 0.568. The Morgan fingerprint density at radius 1 is 0.939 bits per heavy atom. The number of ether oxygens (including phenoxy) is 1. The van der Waals surface area contributed by atoms with Gasteiger partial charge in [0, 0.05) is 11.5 Å². The lowest BCUT2D eigenvalue weighted by Gasteiger charge is -2.14. The summed E-state index contributed by atoms with van der Waals surface area (Å²) in [5.41, 5.74) is 5.60. The van der Waals surface area contributed by atoms with Gasteiger partial charge in [-0.05, 0) is 52.8 Å². The second kappa shape index (κ2) is 8.48. The number of carboxylic acid groups (broad SMARTS) is 1. The summed E-state index contributed by atoms with van der Waals surface area (Å²) in [6.45, 7) is 0.428. The van der Waals surface area contributed by atoms with Crippen LogP contribution in [0.5, 0.6) is 0 Å². The van der Waals surface area contributed by atoms with Crippen LogP contribution in [-0.4, -0.2) is 30.3 Å². The molecule has 0 aromatic heterocycles. The normalized spacial score (nSPS) is 14.9. The van der Waals surface area contributed by atoms with E-state index in [-0.39, 0.29) is 19.1 Å². The van der Waals surface area contributed by atoms with Crippen molar-refractivity contribution in [2.24, 2.45) is 0 Å². The minimum Gasteiger partial charge on any atom is -0.481 e. The van der Waals surface area contributed by atoms with Crippen LogP contribution in [0.2, 0.25) is 0 Å². The van der Waals surface area contributed by atoms with E-state index in [1.807, 2.05) is 48.5 Å². The molecule has 2 aliphatic carbocycles. The van der Waals surface area contributed by atoms with Gasteiger partial charge >= 0.3 is 12.1 Å². The molecule has 2 aliphatic rings. The van der Waals surface area contributed by atoms with Crippen LogP contribution in [0.1, 0.15) is 41.0 Å². The number of rotatable bonds is 5. The van der Waals surface area contributed by atoms with Gasteiger partial charge in [0.25, 0.3) is 0 Å². The SMILES string of the molecule is O=C(NCC#Cc1ccc(C2(C(=O)O)CC2)cc1)OCC1c2ccccc2-c2ccccc21. The largest absolute Gasteiger partial charge is 0.481 e. The smallest absolute Gasteiger partial charge is 0.407 e. The first-order valence-electron chi connectivity index (χ1n) is 11.0. The van der Waals surface area contributed by atoms with Crippen molar-refractivity contribution < 1.29 is 19.4 Å². The molecule has 0 bridgehead atoms. The fraction of sp³-hybridized carbons (Fsp3) is 0.214. The fourth-order valence-electron chi connectivity index (χ4n) is 4.54. The first-order chi connectivity index (χ1) is 16.1. The molecule has 1 amide bonds. The summed E-state index contributed by atoms with van der Waals surface area (Å²) in [5, 5.41) is 12.1. The van der Waals surface area contributed by atoms with E-state index in [0.717, 1.165) is 11.1 Å². The third-order valence-corrected chi connectivity index (χ3v) is 6.49. The standard InChI is InChI=1S/C28H23NO4/c30-26(31)28(15-16-28)20-13-11-19(12-14-20)6-5-17-29-27(32)33-18-25-23-9-3-1-7-21(23)22-8-2-4-10-24(22)25/h1-4,7-14,25H,15-18H2,(H,29,32)(H,30,31). The van der Waals surface area contributed by atoms with E-state index >= 15 is 0 Å². The molecule has 0 saturated heterocycles. The van der Waals surface area contributed by atoms with Crippen molar-refractivity contribution in [2.75, 3.05) is 13.2 Å². The second-order valence-electron chi connectivity index (χ2n) is 8.45. The Morgan fingerprint density at radius 2 is 1.55 bits per heavy atom. The molecule has 164 valence electrons. The number of amides is 1. The number of aliphatic carboxylic acids is 1. The van der Waals surface area contributed by atoms with E-state index in [0.29, 0.717) is 12.8 Å². The van der Waals surface area contributed by atoms with E-state index in [4.69, 9.17) is 4.74 Å². The van der Waals surface area contributed by atoms with Gasteiger partial charge in [0.2, 0.25) is 0 Å². The zero-order valence-corrected chi connectivity index (χ0v) is 18.0. The van der Waals surface area contributed by atoms with Crippen LogP contribution in [0.4, 0.5) is 4.79 Å². The molecule has 1 saturated carbocycles. The molecule has 0 unspecified atom stereocenters. The maximum Gasteiger partial charge on any atom is 0.407 e. The molecule has 2 N–H and O–H groups in total. The third-order valence-electron chi connectivity index (χ3n) is 6.49. The highest BCUT2D eigenvalue weighted by atomic mass is 16.5. The summed E-state index contributed by atoms with van der Waals surface area (Å²) >= 11 is 0. The highest BCUT2D eigenvalue weighted by molar-refractivity contribution is 5.85. The zero-order valence-electron chi connectivity index (χ0n) is 18.0. The van der Waals surface area contributed by atoms with Gasteiger partial charge in [-0.1, -0.05) is 72.5 Å². The summed E-state index contributed by atoms with van der Waals surface area (Å²) < 4.78 is 5.50. The predicted octanol–water partition coefficient (Wildman–Crippen LogP) is 4.69. The number of carbonyl (C=O) groups excluding carboxylic acids is 1. The van der Waals surface area contributed by atoms with Crippen LogP contribution in [0.25, 0.3) is 11.1 Å². The summed E-state index contributed by atoms with van der Waals surface area (Å²) in [4.78, 5) is 23.6. The summed E-state index contributed by atoms with van der Waals surface area (Å²) in [5.74, 6) is 5.15. The lowest BCUT2D eigenvalue weighted by Crippen LogP contribution is -2.26. The molecule has 3 aromatic rings. The molecule has 33 heavy (non-hydrogen) atoms. The number of carbonyl (C=O) groups is 2. The lowest BCUT2D eigenvalue weighted by atomic mass is 9.95. The Kier molecular flexibility index (Phi) is 5.35. The Labute approximate surface area is 192 Å². The predicted molar refractivity (Wildman–Crippen MR) is 125 cm³/mol. The summed E-state index contributed by atoms with van der Waals surface area (Å²) in [6, 6.07) is 23.7. The minimum absolute atomic E-state index is 0.0216. The van der Waals surface area contributed by atoms with E-state index in [1.165, 1.54) is 22.3 Å². The Balaban J connectivity index is 1.15. The molecule has 1 fully saturated rings. The molecule has 0 aliphatic heterocycles. The summed E-state index contributed by atoms with van der Waals surface area (Å²) in [7, 11) is 0. The minimum atomic E-state index is -0.770. The average Bonchev–Trinajstić information content (AvgIpc) is 3.60. The number of carboxylic acids is 1. The Bertz CT molecular complexity index is 1230. The van der Waals surface area contributed by atoms with Gasteiger partial charge in [0.15, 0.2) is 0 Å². The topological polar surface area (TPSA) is 75.6 Å². The molecule has 0 radical (unpaired) electrons. The Morgan fingerprint density at radius 3 is 2.12 bits per heavy atom. The molecular weight excluding hydrogens is 414 g/mol. The van der Waals surface area contributed by atoms with Crippen molar-refractivity contribution in [3.8, 4) is 23.0 Å². The molecule has 5 rings (SSSR count). The lowest BCUT2D eigenvalue weighted by molar-refractivity contribution is -0.140. The van der Waals surface area contributed by atoms with Crippen LogP contribution in [0.15, 0.2) is 72.8 Å². The number of benzene rings is 3. The molecule has 5 nitrogen and oxygen atoms in total. The molecule has 5 heteroatoms. The van der Waals surface area contributed by atoms with Gasteiger partial charge in [-0.2, -0.15) is 0 Å². The third kappa shape index (κ3) is 3.96. The zero-order chi connectivity index (χ0) is 22.8. The molecular formula is C28H23NO4. The molecule has 0 spiro atoms. The Hall–Kier alpha value is -4.04. The van der Waals surface area contributed by atoms with E-state index < -0.39 is 17.5 Å². The highest BCUT2D eigenvalue weighted by Crippen LogP contribution is 2.48. The number of alkyl carbamates (subject to hydrolysis) is 1. The monoisotopic (exact) mass is 437 g/mol. The molecule has 0 heterocycles. The average molecular weight is 437 g/mol. The number of fused-ring (bicyclic) bond motifs is 3. The first kappa shape index (κ1) is 20.8. The number of hydrogen-bond acceptors (Lipinski definition) is 3. The van der Waals surface area contributed by atoms with Crippen molar-refractivity contribution in [2.45, 2.75) is 24.2 Å². The number of hydrogen-bond donors (Lipinski definition) is 2. The molecule has 3 aromatic carbocycles. The van der Waals surface area contributed by atoms with Crippen molar-refractivity contribution in [1.29, 1.82) is 0 Å². The van der Waals surface area contributed by atoms with Crippen molar-refractivity contribution in [3.05, 3.63) is 95.1 Å². The van der Waals surface area contributed by atoms with Gasteiger partial charge in [-0.3, -0.25) is 4.79 Å². The van der Waals surface area contributed by atoms with Gasteiger partial charge in [-0.25, -0.2) is 4.79 Å². The van der Waals surface area contributed by atoms with Gasteiger partial charge in [0.05, 0.1) is 12.0 Å². The molecule has 0 atom stereocenters.